The van der Waals surface area contributed by atoms with Gasteiger partial charge in [-0.3, -0.25) is 4.98 Å². The van der Waals surface area contributed by atoms with E-state index in [4.69, 9.17) is 5.73 Å². The summed E-state index contributed by atoms with van der Waals surface area (Å²) >= 11 is 0. The van der Waals surface area contributed by atoms with E-state index in [0.29, 0.717) is 11.3 Å². The van der Waals surface area contributed by atoms with E-state index in [-0.39, 0.29) is 12.3 Å². The van der Waals surface area contributed by atoms with Gasteiger partial charge in [0.2, 0.25) is 10.0 Å². The van der Waals surface area contributed by atoms with Gasteiger partial charge in [0.05, 0.1) is 18.0 Å². The van der Waals surface area contributed by atoms with Gasteiger partial charge in [0, 0.05) is 18.4 Å². The van der Waals surface area contributed by atoms with Crippen molar-refractivity contribution in [2.24, 2.45) is 0 Å². The van der Waals surface area contributed by atoms with Gasteiger partial charge in [-0.05, 0) is 36.8 Å². The molecule has 0 radical (unpaired) electrons. The van der Waals surface area contributed by atoms with Crippen molar-refractivity contribution < 1.29 is 8.42 Å². The molecule has 0 fully saturated rings. The van der Waals surface area contributed by atoms with Crippen molar-refractivity contribution in [3.8, 4) is 0 Å². The number of sulfonamides is 1. The fraction of sp³-hybridized carbons (Fsp3) is 0.267. The highest BCUT2D eigenvalue weighted by Crippen LogP contribution is 2.14. The Labute approximate surface area is 125 Å². The Morgan fingerprint density at radius 2 is 1.90 bits per heavy atom. The Morgan fingerprint density at radius 1 is 1.19 bits per heavy atom. The minimum Gasteiger partial charge on any atom is -0.399 e. The molecule has 112 valence electrons. The smallest absolute Gasteiger partial charge is 0.218 e. The maximum Gasteiger partial charge on any atom is 0.218 e. The molecule has 0 amide bonds. The van der Waals surface area contributed by atoms with Crippen LogP contribution in [-0.4, -0.2) is 24.8 Å². The summed E-state index contributed by atoms with van der Waals surface area (Å²) in [6.07, 6.45) is 0. The molecule has 2 N–H and O–H groups in total. The Balaban J connectivity index is 2.12. The highest BCUT2D eigenvalue weighted by molar-refractivity contribution is 7.88. The Morgan fingerprint density at radius 3 is 2.57 bits per heavy atom. The maximum absolute atomic E-state index is 12.4. The first-order chi connectivity index (χ1) is 9.87. The molecule has 1 aromatic heterocycles. The SMILES string of the molecule is Cc1cccc(CN(C)S(=O)(=O)Cc2cccc(N)c2)n1. The van der Waals surface area contributed by atoms with E-state index in [0.717, 1.165) is 11.4 Å². The van der Waals surface area contributed by atoms with Crippen LogP contribution in [0.25, 0.3) is 0 Å². The number of pyridine rings is 1. The first-order valence-electron chi connectivity index (χ1n) is 6.58. The Hall–Kier alpha value is -1.92. The first-order valence-corrected chi connectivity index (χ1v) is 8.19. The molecule has 21 heavy (non-hydrogen) atoms. The number of aryl methyl sites for hydroxylation is 1. The van der Waals surface area contributed by atoms with Crippen LogP contribution in [0.5, 0.6) is 0 Å². The minimum absolute atomic E-state index is 0.0691. The summed E-state index contributed by atoms with van der Waals surface area (Å²) in [6, 6.07) is 12.5. The molecule has 0 aliphatic rings. The number of anilines is 1. The molecule has 2 aromatic rings. The molecule has 1 heterocycles. The number of nitrogen functional groups attached to an aromatic ring is 1. The molecule has 6 heteroatoms. The molecule has 5 nitrogen and oxygen atoms in total. The monoisotopic (exact) mass is 305 g/mol. The van der Waals surface area contributed by atoms with Crippen LogP contribution in [-0.2, 0) is 22.3 Å². The van der Waals surface area contributed by atoms with Gasteiger partial charge in [0.1, 0.15) is 0 Å². The summed E-state index contributed by atoms with van der Waals surface area (Å²) in [5.41, 5.74) is 8.52. The quantitative estimate of drug-likeness (QED) is 0.856. The Kier molecular flexibility index (Phi) is 4.59. The topological polar surface area (TPSA) is 76.3 Å². The van der Waals surface area contributed by atoms with E-state index in [1.807, 2.05) is 25.1 Å². The van der Waals surface area contributed by atoms with Crippen LogP contribution in [0.1, 0.15) is 17.0 Å². The molecule has 2 rings (SSSR count). The number of hydrogen-bond donors (Lipinski definition) is 1. The van der Waals surface area contributed by atoms with Gasteiger partial charge in [-0.2, -0.15) is 4.31 Å². The van der Waals surface area contributed by atoms with E-state index in [2.05, 4.69) is 4.98 Å². The predicted octanol–water partition coefficient (Wildman–Crippen LogP) is 1.93. The second kappa shape index (κ2) is 6.24. The Bertz CT molecular complexity index is 729. The van der Waals surface area contributed by atoms with Gasteiger partial charge in [-0.1, -0.05) is 18.2 Å². The van der Waals surface area contributed by atoms with Crippen molar-refractivity contribution in [2.45, 2.75) is 19.2 Å². The van der Waals surface area contributed by atoms with Gasteiger partial charge in [0.15, 0.2) is 0 Å². The van der Waals surface area contributed by atoms with Crippen molar-refractivity contribution >= 4 is 15.7 Å². The molecule has 0 saturated carbocycles. The normalized spacial score (nSPS) is 11.8. The van der Waals surface area contributed by atoms with Crippen molar-refractivity contribution in [2.75, 3.05) is 12.8 Å². The lowest BCUT2D eigenvalue weighted by Gasteiger charge is -2.17. The number of aromatic nitrogens is 1. The van der Waals surface area contributed by atoms with Crippen LogP contribution in [0.15, 0.2) is 42.5 Å². The lowest BCUT2D eigenvalue weighted by Crippen LogP contribution is -2.28. The van der Waals surface area contributed by atoms with Crippen LogP contribution < -0.4 is 5.73 Å². The first kappa shape index (κ1) is 15.5. The molecule has 0 aliphatic heterocycles. The zero-order chi connectivity index (χ0) is 15.5. The van der Waals surface area contributed by atoms with Crippen LogP contribution in [0.3, 0.4) is 0 Å². The molecule has 0 unspecified atom stereocenters. The minimum atomic E-state index is -3.40. The highest BCUT2D eigenvalue weighted by Gasteiger charge is 2.19. The van der Waals surface area contributed by atoms with E-state index in [1.165, 1.54) is 4.31 Å². The lowest BCUT2D eigenvalue weighted by atomic mass is 10.2. The number of nitrogens with zero attached hydrogens (tertiary/aromatic N) is 2. The summed E-state index contributed by atoms with van der Waals surface area (Å²) in [5, 5.41) is 0. The van der Waals surface area contributed by atoms with Gasteiger partial charge in [-0.25, -0.2) is 8.42 Å². The predicted molar refractivity (Wildman–Crippen MR) is 83.9 cm³/mol. The van der Waals surface area contributed by atoms with Gasteiger partial charge >= 0.3 is 0 Å². The molecule has 0 atom stereocenters. The third-order valence-corrected chi connectivity index (χ3v) is 4.88. The summed E-state index contributed by atoms with van der Waals surface area (Å²) in [5.74, 6) is -0.0691. The van der Waals surface area contributed by atoms with Crippen molar-refractivity contribution in [3.05, 3.63) is 59.4 Å². The van der Waals surface area contributed by atoms with Crippen molar-refractivity contribution in [1.29, 1.82) is 0 Å². The maximum atomic E-state index is 12.4. The van der Waals surface area contributed by atoms with Crippen LogP contribution in [0.4, 0.5) is 5.69 Å². The molecule has 0 aliphatic carbocycles. The molecule has 1 aromatic carbocycles. The average molecular weight is 305 g/mol. The second-order valence-corrected chi connectivity index (χ2v) is 7.10. The van der Waals surface area contributed by atoms with Crippen LogP contribution >= 0.6 is 0 Å². The van der Waals surface area contributed by atoms with Crippen molar-refractivity contribution in [3.63, 3.8) is 0 Å². The fourth-order valence-electron chi connectivity index (χ4n) is 2.02. The van der Waals surface area contributed by atoms with Crippen LogP contribution in [0.2, 0.25) is 0 Å². The summed E-state index contributed by atoms with van der Waals surface area (Å²) in [7, 11) is -1.84. The third kappa shape index (κ3) is 4.27. The van der Waals surface area contributed by atoms with E-state index >= 15 is 0 Å². The van der Waals surface area contributed by atoms with Crippen LogP contribution in [0, 0.1) is 6.92 Å². The number of hydrogen-bond acceptors (Lipinski definition) is 4. The summed E-state index contributed by atoms with van der Waals surface area (Å²) < 4.78 is 26.0. The standard InChI is InChI=1S/C15H19N3O2S/c1-12-5-3-8-15(17-12)10-18(2)21(19,20)11-13-6-4-7-14(16)9-13/h3-9H,10-11,16H2,1-2H3. The largest absolute Gasteiger partial charge is 0.399 e. The highest BCUT2D eigenvalue weighted by atomic mass is 32.2. The number of rotatable bonds is 5. The molecular formula is C15H19N3O2S. The zero-order valence-corrected chi connectivity index (χ0v) is 13.0. The average Bonchev–Trinajstić information content (AvgIpc) is 2.38. The van der Waals surface area contributed by atoms with E-state index in [1.54, 1.807) is 31.3 Å². The van der Waals surface area contributed by atoms with Gasteiger partial charge in [0.25, 0.3) is 0 Å². The fourth-order valence-corrected chi connectivity index (χ4v) is 3.17. The van der Waals surface area contributed by atoms with E-state index in [9.17, 15) is 8.42 Å². The molecule has 0 bridgehead atoms. The zero-order valence-electron chi connectivity index (χ0n) is 12.2. The lowest BCUT2D eigenvalue weighted by molar-refractivity contribution is 0.461. The number of benzene rings is 1. The van der Waals surface area contributed by atoms with Gasteiger partial charge in [-0.15, -0.1) is 0 Å². The molecule has 0 saturated heterocycles. The molecular weight excluding hydrogens is 286 g/mol. The summed E-state index contributed by atoms with van der Waals surface area (Å²) in [6.45, 7) is 2.14. The van der Waals surface area contributed by atoms with E-state index < -0.39 is 10.0 Å². The van der Waals surface area contributed by atoms with Crippen molar-refractivity contribution in [1.82, 2.24) is 9.29 Å². The summed E-state index contributed by atoms with van der Waals surface area (Å²) in [4.78, 5) is 4.32. The number of nitrogens with two attached hydrogens (primary N) is 1. The van der Waals surface area contributed by atoms with Gasteiger partial charge < -0.3 is 5.73 Å². The second-order valence-electron chi connectivity index (χ2n) is 5.03. The molecule has 0 spiro atoms. The third-order valence-electron chi connectivity index (χ3n) is 3.11.